The Labute approximate surface area is 146 Å². The molecule has 1 aromatic carbocycles. The highest BCUT2D eigenvalue weighted by Crippen LogP contribution is 2.50. The molecule has 1 aliphatic carbocycles. The van der Waals surface area contributed by atoms with Crippen molar-refractivity contribution in [3.05, 3.63) is 46.8 Å². The first-order valence-corrected chi connectivity index (χ1v) is 6.94. The Balaban J connectivity index is 0.00000220. The second-order valence-corrected chi connectivity index (χ2v) is 5.82. The summed E-state index contributed by atoms with van der Waals surface area (Å²) in [7, 11) is 0. The van der Waals surface area contributed by atoms with Gasteiger partial charge in [0.25, 0.3) is 0 Å². The van der Waals surface area contributed by atoms with Crippen molar-refractivity contribution in [1.82, 2.24) is 5.32 Å². The van der Waals surface area contributed by atoms with Gasteiger partial charge in [-0.15, -0.1) is 24.0 Å². The standard InChI is InChI=1S/C15H19ClFN3.HI/c1-10(2)8-19-14(18)20-9-15(5-6-15)12-4-3-11(17)7-13(12)16;/h3-4,7H,1,5-6,8-9H2,2H3,(H3,18,19,20);1H. The number of nitrogens with one attached hydrogen (secondary N) is 1. The average Bonchev–Trinajstić information content (AvgIpc) is 3.15. The lowest BCUT2D eigenvalue weighted by molar-refractivity contribution is 0.623. The van der Waals surface area contributed by atoms with Gasteiger partial charge in [0.2, 0.25) is 0 Å². The van der Waals surface area contributed by atoms with Gasteiger partial charge in [0, 0.05) is 17.0 Å². The van der Waals surface area contributed by atoms with Crippen LogP contribution in [-0.4, -0.2) is 19.0 Å². The van der Waals surface area contributed by atoms with Crippen molar-refractivity contribution >= 4 is 41.5 Å². The maximum atomic E-state index is 13.1. The maximum Gasteiger partial charge on any atom is 0.188 e. The second kappa shape index (κ2) is 7.45. The number of rotatable bonds is 5. The molecule has 1 aliphatic rings. The number of hydrogen-bond donors (Lipinski definition) is 2. The molecule has 0 atom stereocenters. The van der Waals surface area contributed by atoms with Crippen molar-refractivity contribution in [3.8, 4) is 0 Å². The Morgan fingerprint density at radius 1 is 1.52 bits per heavy atom. The van der Waals surface area contributed by atoms with Crippen LogP contribution in [0.15, 0.2) is 35.3 Å². The highest BCUT2D eigenvalue weighted by atomic mass is 127. The summed E-state index contributed by atoms with van der Waals surface area (Å²) >= 11 is 6.13. The van der Waals surface area contributed by atoms with Gasteiger partial charge in [0.05, 0.1) is 6.54 Å². The topological polar surface area (TPSA) is 50.4 Å². The first-order valence-electron chi connectivity index (χ1n) is 6.57. The second-order valence-electron chi connectivity index (χ2n) is 5.42. The smallest absolute Gasteiger partial charge is 0.188 e. The summed E-state index contributed by atoms with van der Waals surface area (Å²) in [6.45, 7) is 6.88. The van der Waals surface area contributed by atoms with E-state index in [0.29, 0.717) is 24.1 Å². The van der Waals surface area contributed by atoms with E-state index < -0.39 is 0 Å². The third kappa shape index (κ3) is 4.85. The molecular formula is C15H20ClFIN3. The minimum absolute atomic E-state index is 0. The van der Waals surface area contributed by atoms with Crippen LogP contribution in [-0.2, 0) is 5.41 Å². The Morgan fingerprint density at radius 2 is 2.19 bits per heavy atom. The summed E-state index contributed by atoms with van der Waals surface area (Å²) in [4.78, 5) is 4.36. The molecule has 2 rings (SSSR count). The van der Waals surface area contributed by atoms with Gasteiger partial charge >= 0.3 is 0 Å². The molecule has 0 spiro atoms. The number of benzene rings is 1. The molecule has 1 fully saturated rings. The van der Waals surface area contributed by atoms with E-state index in [1.54, 1.807) is 6.07 Å². The average molecular weight is 424 g/mol. The fraction of sp³-hybridized carbons (Fsp3) is 0.400. The summed E-state index contributed by atoms with van der Waals surface area (Å²) in [6, 6.07) is 4.54. The third-order valence-electron chi connectivity index (χ3n) is 3.48. The molecular weight excluding hydrogens is 404 g/mol. The van der Waals surface area contributed by atoms with Crippen molar-refractivity contribution in [2.24, 2.45) is 10.7 Å². The van der Waals surface area contributed by atoms with Gasteiger partial charge in [-0.3, -0.25) is 4.99 Å². The Bertz CT molecular complexity index is 556. The Kier molecular flexibility index (Phi) is 6.46. The molecule has 116 valence electrons. The van der Waals surface area contributed by atoms with Crippen LogP contribution in [0.2, 0.25) is 5.02 Å². The van der Waals surface area contributed by atoms with Crippen molar-refractivity contribution in [2.75, 3.05) is 13.1 Å². The molecule has 1 saturated carbocycles. The van der Waals surface area contributed by atoms with Crippen LogP contribution in [0.1, 0.15) is 25.3 Å². The summed E-state index contributed by atoms with van der Waals surface area (Å²) in [5, 5.41) is 3.46. The van der Waals surface area contributed by atoms with E-state index in [1.165, 1.54) is 12.1 Å². The molecule has 0 aliphatic heterocycles. The van der Waals surface area contributed by atoms with E-state index in [0.717, 1.165) is 24.0 Å². The molecule has 6 heteroatoms. The largest absolute Gasteiger partial charge is 0.370 e. The van der Waals surface area contributed by atoms with Gasteiger partial charge in [-0.25, -0.2) is 4.39 Å². The maximum absolute atomic E-state index is 13.1. The number of nitrogens with two attached hydrogens (primary N) is 1. The Hall–Kier alpha value is -0.820. The van der Waals surface area contributed by atoms with Crippen LogP contribution >= 0.6 is 35.6 Å². The number of aliphatic imine (C=N–C) groups is 1. The van der Waals surface area contributed by atoms with Gasteiger partial charge in [-0.05, 0) is 37.5 Å². The van der Waals surface area contributed by atoms with E-state index in [9.17, 15) is 4.39 Å². The van der Waals surface area contributed by atoms with Crippen molar-refractivity contribution in [1.29, 1.82) is 0 Å². The molecule has 0 amide bonds. The van der Waals surface area contributed by atoms with Gasteiger partial charge in [0.1, 0.15) is 5.82 Å². The fourth-order valence-corrected chi connectivity index (χ4v) is 2.48. The monoisotopic (exact) mass is 423 g/mol. The SMILES string of the molecule is C=C(C)CNC(N)=NCC1(c2ccc(F)cc2Cl)CC1.I. The zero-order chi connectivity index (χ0) is 14.8. The van der Waals surface area contributed by atoms with Crippen LogP contribution < -0.4 is 11.1 Å². The minimum atomic E-state index is -0.319. The zero-order valence-corrected chi connectivity index (χ0v) is 15.0. The molecule has 0 heterocycles. The van der Waals surface area contributed by atoms with Gasteiger partial charge in [-0.2, -0.15) is 0 Å². The van der Waals surface area contributed by atoms with Crippen LogP contribution in [0.5, 0.6) is 0 Å². The third-order valence-corrected chi connectivity index (χ3v) is 3.79. The quantitative estimate of drug-likeness (QED) is 0.329. The highest BCUT2D eigenvalue weighted by molar-refractivity contribution is 14.0. The molecule has 0 aromatic heterocycles. The first-order chi connectivity index (χ1) is 9.43. The van der Waals surface area contributed by atoms with E-state index in [1.807, 2.05) is 6.92 Å². The van der Waals surface area contributed by atoms with Crippen LogP contribution in [0.25, 0.3) is 0 Å². The van der Waals surface area contributed by atoms with Gasteiger partial charge in [0.15, 0.2) is 5.96 Å². The zero-order valence-electron chi connectivity index (χ0n) is 12.0. The van der Waals surface area contributed by atoms with E-state index in [4.69, 9.17) is 17.3 Å². The van der Waals surface area contributed by atoms with Gasteiger partial charge in [-0.1, -0.05) is 29.8 Å². The predicted molar refractivity (Wildman–Crippen MR) is 97.0 cm³/mol. The summed E-state index contributed by atoms with van der Waals surface area (Å²) in [6.07, 6.45) is 1.99. The lowest BCUT2D eigenvalue weighted by Gasteiger charge is -2.15. The highest BCUT2D eigenvalue weighted by Gasteiger charge is 2.45. The number of guanidine groups is 1. The molecule has 21 heavy (non-hydrogen) atoms. The molecule has 0 radical (unpaired) electrons. The van der Waals surface area contributed by atoms with Crippen LogP contribution in [0.4, 0.5) is 4.39 Å². The lowest BCUT2D eigenvalue weighted by Crippen LogP contribution is -2.33. The molecule has 1 aromatic rings. The fourth-order valence-electron chi connectivity index (χ4n) is 2.12. The minimum Gasteiger partial charge on any atom is -0.370 e. The first kappa shape index (κ1) is 18.2. The Morgan fingerprint density at radius 3 is 2.71 bits per heavy atom. The number of halogens is 3. The molecule has 0 saturated heterocycles. The number of hydrogen-bond acceptors (Lipinski definition) is 1. The number of nitrogens with zero attached hydrogens (tertiary/aromatic N) is 1. The van der Waals surface area contributed by atoms with E-state index >= 15 is 0 Å². The molecule has 3 nitrogen and oxygen atoms in total. The molecule has 3 N–H and O–H groups in total. The molecule has 0 unspecified atom stereocenters. The van der Waals surface area contributed by atoms with Crippen LogP contribution in [0, 0.1) is 5.82 Å². The van der Waals surface area contributed by atoms with Crippen LogP contribution in [0.3, 0.4) is 0 Å². The van der Waals surface area contributed by atoms with E-state index in [2.05, 4.69) is 16.9 Å². The van der Waals surface area contributed by atoms with Crippen molar-refractivity contribution < 1.29 is 4.39 Å². The summed E-state index contributed by atoms with van der Waals surface area (Å²) in [5.41, 5.74) is 7.67. The predicted octanol–water partition coefficient (Wildman–Crippen LogP) is 3.61. The van der Waals surface area contributed by atoms with Gasteiger partial charge < -0.3 is 11.1 Å². The van der Waals surface area contributed by atoms with E-state index in [-0.39, 0.29) is 35.2 Å². The normalized spacial score (nSPS) is 16.0. The summed E-state index contributed by atoms with van der Waals surface area (Å²) < 4.78 is 13.1. The summed E-state index contributed by atoms with van der Waals surface area (Å²) in [5.74, 6) is 0.0817. The van der Waals surface area contributed by atoms with Crippen molar-refractivity contribution in [3.63, 3.8) is 0 Å². The molecule has 0 bridgehead atoms. The lowest BCUT2D eigenvalue weighted by atomic mass is 9.96. The van der Waals surface area contributed by atoms with Crippen molar-refractivity contribution in [2.45, 2.75) is 25.2 Å².